The van der Waals surface area contributed by atoms with Crippen LogP contribution in [0.1, 0.15) is 26.5 Å². The van der Waals surface area contributed by atoms with Crippen LogP contribution in [0.25, 0.3) is 0 Å². The average Bonchev–Trinajstić information content (AvgIpc) is 3.27. The van der Waals surface area contributed by atoms with Crippen LogP contribution >= 0.6 is 15.9 Å². The van der Waals surface area contributed by atoms with E-state index < -0.39 is 5.91 Å². The fraction of sp³-hybridized carbons (Fsp3) is 0.182. The van der Waals surface area contributed by atoms with Crippen molar-refractivity contribution >= 4 is 33.4 Å². The van der Waals surface area contributed by atoms with Crippen molar-refractivity contribution in [2.24, 2.45) is 0 Å². The lowest BCUT2D eigenvalue weighted by Crippen LogP contribution is -2.24. The van der Waals surface area contributed by atoms with Crippen LogP contribution in [0.3, 0.4) is 0 Å². The fourth-order valence-electron chi connectivity index (χ4n) is 2.70. The minimum absolute atomic E-state index is 0.247. The summed E-state index contributed by atoms with van der Waals surface area (Å²) in [7, 11) is 1.58. The predicted octanol–water partition coefficient (Wildman–Crippen LogP) is 4.25. The molecule has 2 N–H and O–H groups in total. The number of ether oxygens (including phenoxy) is 2. The summed E-state index contributed by atoms with van der Waals surface area (Å²) >= 11 is 3.38. The number of nitrogens with one attached hydrogen (secondary N) is 2. The second kappa shape index (κ2) is 10.6. The van der Waals surface area contributed by atoms with Gasteiger partial charge in [0.15, 0.2) is 0 Å². The van der Waals surface area contributed by atoms with Crippen molar-refractivity contribution in [2.45, 2.75) is 6.54 Å². The summed E-state index contributed by atoms with van der Waals surface area (Å²) in [6.45, 7) is 0.956. The summed E-state index contributed by atoms with van der Waals surface area (Å²) in [4.78, 5) is 25.6. The first-order valence-electron chi connectivity index (χ1n) is 9.20. The molecule has 0 radical (unpaired) electrons. The summed E-state index contributed by atoms with van der Waals surface area (Å²) in [5.41, 5.74) is 1.07. The van der Waals surface area contributed by atoms with E-state index >= 15 is 0 Å². The number of furan rings is 1. The van der Waals surface area contributed by atoms with Gasteiger partial charge in [-0.25, -0.2) is 0 Å². The van der Waals surface area contributed by atoms with E-state index in [9.17, 15) is 9.59 Å². The number of carbonyl (C=O) groups excluding carboxylic acids is 2. The van der Waals surface area contributed by atoms with E-state index in [1.807, 2.05) is 0 Å². The highest BCUT2D eigenvalue weighted by Crippen LogP contribution is 2.25. The molecule has 1 heterocycles. The van der Waals surface area contributed by atoms with E-state index in [-0.39, 0.29) is 12.5 Å². The number of amides is 2. The predicted molar refractivity (Wildman–Crippen MR) is 116 cm³/mol. The summed E-state index contributed by atoms with van der Waals surface area (Å²) in [5.74, 6) is 0.340. The topological polar surface area (TPSA) is 89.8 Å². The Bertz CT molecular complexity index is 1000. The van der Waals surface area contributed by atoms with E-state index in [1.54, 1.807) is 68.0 Å². The van der Waals surface area contributed by atoms with Gasteiger partial charge in [0.2, 0.25) is 0 Å². The fourth-order valence-corrected chi connectivity index (χ4v) is 3.06. The SMILES string of the molecule is COCCOc1ccc(Br)cc1C(=O)Nc1ccccc1C(=O)NCc1ccco1. The second-order valence-corrected chi connectivity index (χ2v) is 7.16. The Kier molecular flexibility index (Phi) is 7.64. The Morgan fingerprint density at radius 3 is 2.60 bits per heavy atom. The molecule has 0 aliphatic carbocycles. The Morgan fingerprint density at radius 1 is 1.00 bits per heavy atom. The van der Waals surface area contributed by atoms with Crippen LogP contribution in [0.4, 0.5) is 5.69 Å². The van der Waals surface area contributed by atoms with Crippen molar-refractivity contribution in [2.75, 3.05) is 25.6 Å². The summed E-state index contributed by atoms with van der Waals surface area (Å²) in [6, 6.07) is 15.5. The standard InChI is InChI=1S/C22H21BrN2O5/c1-28-11-12-30-20-9-8-15(23)13-18(20)22(27)25-19-7-3-2-6-17(19)21(26)24-14-16-5-4-10-29-16/h2-10,13H,11-12,14H2,1H3,(H,24,26)(H,25,27). The van der Waals surface area contributed by atoms with Crippen LogP contribution < -0.4 is 15.4 Å². The highest BCUT2D eigenvalue weighted by Gasteiger charge is 2.17. The van der Waals surface area contributed by atoms with Crippen molar-refractivity contribution < 1.29 is 23.5 Å². The van der Waals surface area contributed by atoms with Crippen LogP contribution in [-0.2, 0) is 11.3 Å². The summed E-state index contributed by atoms with van der Waals surface area (Å²) in [5, 5.41) is 5.58. The number of hydrogen-bond acceptors (Lipinski definition) is 5. The molecule has 156 valence electrons. The Hall–Kier alpha value is -3.10. The van der Waals surface area contributed by atoms with Gasteiger partial charge in [-0.05, 0) is 42.5 Å². The van der Waals surface area contributed by atoms with Gasteiger partial charge < -0.3 is 24.5 Å². The van der Waals surface area contributed by atoms with Gasteiger partial charge in [0.25, 0.3) is 11.8 Å². The molecule has 0 saturated carbocycles. The zero-order chi connectivity index (χ0) is 21.3. The molecule has 7 nitrogen and oxygen atoms in total. The molecule has 3 aromatic rings. The smallest absolute Gasteiger partial charge is 0.259 e. The number of para-hydroxylation sites is 1. The molecule has 8 heteroatoms. The van der Waals surface area contributed by atoms with Gasteiger partial charge in [-0.2, -0.15) is 0 Å². The van der Waals surface area contributed by atoms with Crippen LogP contribution in [0, 0.1) is 0 Å². The molecule has 0 bridgehead atoms. The van der Waals surface area contributed by atoms with Crippen molar-refractivity contribution in [1.82, 2.24) is 5.32 Å². The molecule has 30 heavy (non-hydrogen) atoms. The number of halogens is 1. The minimum atomic E-state index is -0.394. The molecule has 0 aliphatic rings. The third-order valence-electron chi connectivity index (χ3n) is 4.15. The van der Waals surface area contributed by atoms with Gasteiger partial charge >= 0.3 is 0 Å². The van der Waals surface area contributed by atoms with E-state index in [1.165, 1.54) is 0 Å². The lowest BCUT2D eigenvalue weighted by molar-refractivity contribution is 0.0949. The summed E-state index contributed by atoms with van der Waals surface area (Å²) < 4.78 is 16.6. The largest absolute Gasteiger partial charge is 0.490 e. The van der Waals surface area contributed by atoms with Crippen molar-refractivity contribution in [3.8, 4) is 5.75 Å². The van der Waals surface area contributed by atoms with Gasteiger partial charge in [-0.15, -0.1) is 0 Å². The van der Waals surface area contributed by atoms with Gasteiger partial charge in [0.1, 0.15) is 18.1 Å². The third-order valence-corrected chi connectivity index (χ3v) is 4.65. The molecule has 0 unspecified atom stereocenters. The Labute approximate surface area is 182 Å². The highest BCUT2D eigenvalue weighted by molar-refractivity contribution is 9.10. The van der Waals surface area contributed by atoms with E-state index in [4.69, 9.17) is 13.9 Å². The first-order valence-corrected chi connectivity index (χ1v) is 10.00. The quantitative estimate of drug-likeness (QED) is 0.454. The molecular weight excluding hydrogens is 452 g/mol. The maximum absolute atomic E-state index is 12.9. The zero-order valence-electron chi connectivity index (χ0n) is 16.3. The molecule has 1 aromatic heterocycles. The van der Waals surface area contributed by atoms with Gasteiger partial charge in [-0.1, -0.05) is 28.1 Å². The third kappa shape index (κ3) is 5.71. The molecule has 0 fully saturated rings. The second-order valence-electron chi connectivity index (χ2n) is 6.24. The Morgan fingerprint density at radius 2 is 1.83 bits per heavy atom. The van der Waals surface area contributed by atoms with Crippen LogP contribution in [-0.4, -0.2) is 32.1 Å². The van der Waals surface area contributed by atoms with Gasteiger partial charge in [0, 0.05) is 11.6 Å². The molecule has 2 amide bonds. The number of rotatable bonds is 9. The number of benzene rings is 2. The maximum atomic E-state index is 12.9. The average molecular weight is 473 g/mol. The molecule has 0 atom stereocenters. The van der Waals surface area contributed by atoms with E-state index in [0.717, 1.165) is 4.47 Å². The maximum Gasteiger partial charge on any atom is 0.259 e. The van der Waals surface area contributed by atoms with E-state index in [2.05, 4.69) is 26.6 Å². The van der Waals surface area contributed by atoms with Crippen molar-refractivity contribution in [1.29, 1.82) is 0 Å². The molecule has 3 rings (SSSR count). The first-order chi connectivity index (χ1) is 14.6. The number of carbonyl (C=O) groups is 2. The number of methoxy groups -OCH3 is 1. The van der Waals surface area contributed by atoms with Gasteiger partial charge in [0.05, 0.1) is 36.2 Å². The monoisotopic (exact) mass is 472 g/mol. The number of anilines is 1. The van der Waals surface area contributed by atoms with Crippen molar-refractivity contribution in [3.05, 3.63) is 82.2 Å². The highest BCUT2D eigenvalue weighted by atomic mass is 79.9. The molecular formula is C22H21BrN2O5. The number of hydrogen-bond donors (Lipinski definition) is 2. The van der Waals surface area contributed by atoms with Crippen molar-refractivity contribution in [3.63, 3.8) is 0 Å². The van der Waals surface area contributed by atoms with Gasteiger partial charge in [-0.3, -0.25) is 9.59 Å². The first kappa shape index (κ1) is 21.6. The van der Waals surface area contributed by atoms with Crippen LogP contribution in [0.2, 0.25) is 0 Å². The summed E-state index contributed by atoms with van der Waals surface area (Å²) in [6.07, 6.45) is 1.54. The normalized spacial score (nSPS) is 10.5. The molecule has 0 spiro atoms. The van der Waals surface area contributed by atoms with Crippen LogP contribution in [0.15, 0.2) is 69.8 Å². The molecule has 0 saturated heterocycles. The lowest BCUT2D eigenvalue weighted by Gasteiger charge is -2.14. The van der Waals surface area contributed by atoms with E-state index in [0.29, 0.717) is 41.5 Å². The molecule has 2 aromatic carbocycles. The lowest BCUT2D eigenvalue weighted by atomic mass is 10.1. The van der Waals surface area contributed by atoms with Crippen LogP contribution in [0.5, 0.6) is 5.75 Å². The Balaban J connectivity index is 1.76. The molecule has 0 aliphatic heterocycles. The zero-order valence-corrected chi connectivity index (χ0v) is 17.9. The minimum Gasteiger partial charge on any atom is -0.490 e.